The largest absolute Gasteiger partial charge is 0.497 e. The summed E-state index contributed by atoms with van der Waals surface area (Å²) in [6.07, 6.45) is 3.27. The summed E-state index contributed by atoms with van der Waals surface area (Å²) in [5, 5.41) is 10.7. The third-order valence-electron chi connectivity index (χ3n) is 2.16. The highest BCUT2D eigenvalue weighted by atomic mass is 79.9. The van der Waals surface area contributed by atoms with Crippen LogP contribution in [0.25, 0.3) is 10.8 Å². The van der Waals surface area contributed by atoms with E-state index in [1.165, 1.54) is 0 Å². The Kier molecular flexibility index (Phi) is 2.57. The Bertz CT molecular complexity index is 560. The molecular weight excluding hydrogens is 256 g/mol. The van der Waals surface area contributed by atoms with Crippen LogP contribution >= 0.6 is 15.9 Å². The number of pyridine rings is 1. The van der Waals surface area contributed by atoms with E-state index in [4.69, 9.17) is 10.00 Å². The molecule has 0 atom stereocenters. The summed E-state index contributed by atoms with van der Waals surface area (Å²) in [7, 11) is 1.60. The van der Waals surface area contributed by atoms with E-state index in [0.29, 0.717) is 5.56 Å². The van der Waals surface area contributed by atoms with Gasteiger partial charge in [0, 0.05) is 27.6 Å². The topological polar surface area (TPSA) is 45.9 Å². The molecule has 0 fully saturated rings. The van der Waals surface area contributed by atoms with Crippen LogP contribution in [0.1, 0.15) is 5.56 Å². The van der Waals surface area contributed by atoms with Gasteiger partial charge in [0.1, 0.15) is 11.8 Å². The molecule has 0 spiro atoms. The first-order chi connectivity index (χ1) is 7.26. The molecule has 4 heteroatoms. The predicted octanol–water partition coefficient (Wildman–Crippen LogP) is 2.88. The summed E-state index contributed by atoms with van der Waals surface area (Å²) in [4.78, 5) is 4.01. The Balaban J connectivity index is 2.87. The van der Waals surface area contributed by atoms with E-state index in [1.807, 2.05) is 12.1 Å². The molecule has 0 aliphatic rings. The van der Waals surface area contributed by atoms with E-state index in [9.17, 15) is 0 Å². The smallest absolute Gasteiger partial charge is 0.120 e. The fraction of sp³-hybridized carbons (Fsp3) is 0.0909. The average Bonchev–Trinajstić information content (AvgIpc) is 2.28. The van der Waals surface area contributed by atoms with Gasteiger partial charge in [0.05, 0.1) is 12.7 Å². The van der Waals surface area contributed by atoms with Crippen LogP contribution in [0, 0.1) is 11.3 Å². The molecular formula is C11H7BrN2O. The Labute approximate surface area is 95.4 Å². The summed E-state index contributed by atoms with van der Waals surface area (Å²) in [6, 6.07) is 5.80. The molecule has 0 radical (unpaired) electrons. The number of aromatic nitrogens is 1. The molecule has 1 aromatic carbocycles. The maximum atomic E-state index is 8.94. The second-order valence-electron chi connectivity index (χ2n) is 3.00. The van der Waals surface area contributed by atoms with Crippen LogP contribution in [0.4, 0.5) is 0 Å². The van der Waals surface area contributed by atoms with Gasteiger partial charge in [-0.25, -0.2) is 0 Å². The summed E-state index contributed by atoms with van der Waals surface area (Å²) in [6.45, 7) is 0. The van der Waals surface area contributed by atoms with Crippen LogP contribution in [0.15, 0.2) is 29.0 Å². The zero-order valence-electron chi connectivity index (χ0n) is 7.99. The monoisotopic (exact) mass is 262 g/mol. The molecule has 0 unspecified atom stereocenters. The first-order valence-electron chi connectivity index (χ1n) is 4.27. The summed E-state index contributed by atoms with van der Waals surface area (Å²) >= 11 is 3.42. The van der Waals surface area contributed by atoms with Crippen LogP contribution in [-0.4, -0.2) is 12.1 Å². The molecule has 15 heavy (non-hydrogen) atoms. The van der Waals surface area contributed by atoms with Crippen molar-refractivity contribution in [1.82, 2.24) is 4.98 Å². The van der Waals surface area contributed by atoms with Crippen molar-refractivity contribution in [2.75, 3.05) is 7.11 Å². The minimum absolute atomic E-state index is 0.548. The number of nitriles is 1. The summed E-state index contributed by atoms with van der Waals surface area (Å²) in [5.74, 6) is 0.720. The Morgan fingerprint density at radius 2 is 2.13 bits per heavy atom. The first-order valence-corrected chi connectivity index (χ1v) is 5.07. The lowest BCUT2D eigenvalue weighted by Gasteiger charge is -2.05. The van der Waals surface area contributed by atoms with E-state index in [-0.39, 0.29) is 0 Å². The van der Waals surface area contributed by atoms with Crippen molar-refractivity contribution >= 4 is 26.7 Å². The number of rotatable bonds is 1. The van der Waals surface area contributed by atoms with Gasteiger partial charge in [0.15, 0.2) is 0 Å². The number of fused-ring (bicyclic) bond motifs is 1. The minimum atomic E-state index is 0.548. The van der Waals surface area contributed by atoms with Crippen LogP contribution in [0.5, 0.6) is 5.75 Å². The molecule has 0 amide bonds. The van der Waals surface area contributed by atoms with Crippen molar-refractivity contribution in [2.24, 2.45) is 0 Å². The zero-order valence-corrected chi connectivity index (χ0v) is 9.58. The standard InChI is InChI=1S/C11H7BrN2O/c1-15-8-2-9-7(4-13)5-14-6-10(9)11(12)3-8/h2-3,5-6H,1H3. The second kappa shape index (κ2) is 3.87. The fourth-order valence-electron chi connectivity index (χ4n) is 1.41. The molecule has 3 nitrogen and oxygen atoms in total. The minimum Gasteiger partial charge on any atom is -0.497 e. The van der Waals surface area contributed by atoms with Crippen molar-refractivity contribution in [3.05, 3.63) is 34.6 Å². The number of ether oxygens (including phenoxy) is 1. The highest BCUT2D eigenvalue weighted by Crippen LogP contribution is 2.30. The zero-order chi connectivity index (χ0) is 10.8. The molecule has 1 aromatic heterocycles. The van der Waals surface area contributed by atoms with E-state index in [0.717, 1.165) is 21.0 Å². The third kappa shape index (κ3) is 1.66. The van der Waals surface area contributed by atoms with Gasteiger partial charge < -0.3 is 4.74 Å². The van der Waals surface area contributed by atoms with Crippen LogP contribution in [0.3, 0.4) is 0 Å². The SMILES string of the molecule is COc1cc(Br)c2cncc(C#N)c2c1. The molecule has 1 heterocycles. The normalized spacial score (nSPS) is 9.93. The molecule has 0 saturated heterocycles. The second-order valence-corrected chi connectivity index (χ2v) is 3.86. The molecule has 2 rings (SSSR count). The number of hydrogen-bond donors (Lipinski definition) is 0. The Morgan fingerprint density at radius 1 is 1.33 bits per heavy atom. The molecule has 0 saturated carbocycles. The lowest BCUT2D eigenvalue weighted by Crippen LogP contribution is -1.87. The van der Waals surface area contributed by atoms with E-state index in [1.54, 1.807) is 19.5 Å². The number of benzene rings is 1. The van der Waals surface area contributed by atoms with Crippen molar-refractivity contribution in [3.8, 4) is 11.8 Å². The molecule has 0 N–H and O–H groups in total. The molecule has 74 valence electrons. The molecule has 0 bridgehead atoms. The van der Waals surface area contributed by atoms with Crippen molar-refractivity contribution in [1.29, 1.82) is 5.26 Å². The number of hydrogen-bond acceptors (Lipinski definition) is 3. The van der Waals surface area contributed by atoms with E-state index < -0.39 is 0 Å². The van der Waals surface area contributed by atoms with Crippen molar-refractivity contribution < 1.29 is 4.74 Å². The summed E-state index contributed by atoms with van der Waals surface area (Å²) < 4.78 is 6.02. The molecule has 2 aromatic rings. The van der Waals surface area contributed by atoms with Gasteiger partial charge in [-0.15, -0.1) is 0 Å². The quantitative estimate of drug-likeness (QED) is 0.794. The van der Waals surface area contributed by atoms with Gasteiger partial charge in [-0.1, -0.05) is 0 Å². The van der Waals surface area contributed by atoms with Gasteiger partial charge >= 0.3 is 0 Å². The number of methoxy groups -OCH3 is 1. The van der Waals surface area contributed by atoms with Crippen LogP contribution in [0.2, 0.25) is 0 Å². The highest BCUT2D eigenvalue weighted by Gasteiger charge is 2.06. The molecule has 0 aliphatic heterocycles. The van der Waals surface area contributed by atoms with Crippen molar-refractivity contribution in [3.63, 3.8) is 0 Å². The highest BCUT2D eigenvalue weighted by molar-refractivity contribution is 9.10. The van der Waals surface area contributed by atoms with Gasteiger partial charge in [-0.05, 0) is 28.1 Å². The van der Waals surface area contributed by atoms with Gasteiger partial charge in [-0.3, -0.25) is 4.98 Å². The van der Waals surface area contributed by atoms with Gasteiger partial charge in [0.25, 0.3) is 0 Å². The van der Waals surface area contributed by atoms with Gasteiger partial charge in [0.2, 0.25) is 0 Å². The number of nitrogens with zero attached hydrogens (tertiary/aromatic N) is 2. The predicted molar refractivity (Wildman–Crippen MR) is 60.7 cm³/mol. The van der Waals surface area contributed by atoms with Crippen LogP contribution in [-0.2, 0) is 0 Å². The van der Waals surface area contributed by atoms with Crippen molar-refractivity contribution in [2.45, 2.75) is 0 Å². The lowest BCUT2D eigenvalue weighted by molar-refractivity contribution is 0.415. The lowest BCUT2D eigenvalue weighted by atomic mass is 10.1. The average molecular weight is 263 g/mol. The summed E-state index contributed by atoms with van der Waals surface area (Å²) in [5.41, 5.74) is 0.548. The first kappa shape index (κ1) is 9.94. The van der Waals surface area contributed by atoms with E-state index >= 15 is 0 Å². The fourth-order valence-corrected chi connectivity index (χ4v) is 1.95. The third-order valence-corrected chi connectivity index (χ3v) is 2.81. The van der Waals surface area contributed by atoms with E-state index in [2.05, 4.69) is 27.0 Å². The number of halogens is 1. The molecule has 0 aliphatic carbocycles. The maximum Gasteiger partial charge on any atom is 0.120 e. The van der Waals surface area contributed by atoms with Gasteiger partial charge in [-0.2, -0.15) is 5.26 Å². The maximum absolute atomic E-state index is 8.94. The Hall–Kier alpha value is -1.60. The van der Waals surface area contributed by atoms with Crippen LogP contribution < -0.4 is 4.74 Å². The Morgan fingerprint density at radius 3 is 2.80 bits per heavy atom.